The van der Waals surface area contributed by atoms with Crippen LogP contribution in [0.5, 0.6) is 0 Å². The number of halogens is 1. The standard InChI is InChI=1S/C21H23ClN2O6S/c1-23(29-2)31(27,28)19-13-17(9-10-18(19)22)21(26)30-14-15-5-7-16(8-6-15)20(25)24-11-3-4-12-24/h5-10,13H,3-4,11-12,14H2,1-2H3. The van der Waals surface area contributed by atoms with Crippen molar-refractivity contribution in [3.63, 3.8) is 0 Å². The predicted octanol–water partition coefficient (Wildman–Crippen LogP) is 3.11. The Labute approximate surface area is 186 Å². The van der Waals surface area contributed by atoms with Crippen LogP contribution in [0.25, 0.3) is 0 Å². The first-order valence-corrected chi connectivity index (χ1v) is 11.4. The first kappa shape index (κ1) is 23.2. The summed E-state index contributed by atoms with van der Waals surface area (Å²) in [5.74, 6) is -0.706. The Morgan fingerprint density at radius 1 is 1.06 bits per heavy atom. The lowest BCUT2D eigenvalue weighted by Gasteiger charge is -2.16. The number of likely N-dealkylation sites (tertiary alicyclic amines) is 1. The van der Waals surface area contributed by atoms with Crippen molar-refractivity contribution in [2.24, 2.45) is 0 Å². The summed E-state index contributed by atoms with van der Waals surface area (Å²) < 4.78 is 30.8. The molecule has 31 heavy (non-hydrogen) atoms. The average molecular weight is 467 g/mol. The summed E-state index contributed by atoms with van der Waals surface area (Å²) in [5.41, 5.74) is 1.33. The van der Waals surface area contributed by atoms with Gasteiger partial charge in [-0.2, -0.15) is 0 Å². The van der Waals surface area contributed by atoms with Gasteiger partial charge in [-0.3, -0.25) is 9.63 Å². The number of benzene rings is 2. The van der Waals surface area contributed by atoms with E-state index in [1.54, 1.807) is 24.3 Å². The average Bonchev–Trinajstić information content (AvgIpc) is 3.31. The lowest BCUT2D eigenvalue weighted by atomic mass is 10.1. The minimum atomic E-state index is -4.03. The van der Waals surface area contributed by atoms with Crippen molar-refractivity contribution in [3.8, 4) is 0 Å². The van der Waals surface area contributed by atoms with E-state index in [1.165, 1.54) is 26.3 Å². The molecule has 0 saturated carbocycles. The molecule has 10 heteroatoms. The maximum absolute atomic E-state index is 12.5. The van der Waals surface area contributed by atoms with E-state index < -0.39 is 16.0 Å². The Balaban J connectivity index is 1.67. The number of hydrogen-bond acceptors (Lipinski definition) is 6. The van der Waals surface area contributed by atoms with Gasteiger partial charge in [0, 0.05) is 25.7 Å². The van der Waals surface area contributed by atoms with Crippen LogP contribution in [0.1, 0.15) is 39.1 Å². The molecule has 1 saturated heterocycles. The van der Waals surface area contributed by atoms with Gasteiger partial charge in [-0.15, -0.1) is 0 Å². The van der Waals surface area contributed by atoms with Gasteiger partial charge >= 0.3 is 5.97 Å². The highest BCUT2D eigenvalue weighted by Gasteiger charge is 2.25. The van der Waals surface area contributed by atoms with E-state index >= 15 is 0 Å². The van der Waals surface area contributed by atoms with Crippen LogP contribution in [0.4, 0.5) is 0 Å². The summed E-state index contributed by atoms with van der Waals surface area (Å²) >= 11 is 6.00. The smallest absolute Gasteiger partial charge is 0.338 e. The van der Waals surface area contributed by atoms with Crippen molar-refractivity contribution < 1.29 is 27.6 Å². The molecule has 2 aromatic rings. The molecule has 166 valence electrons. The lowest BCUT2D eigenvalue weighted by Crippen LogP contribution is -2.27. The van der Waals surface area contributed by atoms with Gasteiger partial charge in [0.15, 0.2) is 0 Å². The summed E-state index contributed by atoms with van der Waals surface area (Å²) in [6.07, 6.45) is 2.05. The molecule has 0 radical (unpaired) electrons. The number of carbonyl (C=O) groups excluding carboxylic acids is 2. The fraction of sp³-hybridized carbons (Fsp3) is 0.333. The van der Waals surface area contributed by atoms with E-state index in [0.29, 0.717) is 15.6 Å². The maximum Gasteiger partial charge on any atom is 0.338 e. The van der Waals surface area contributed by atoms with Gasteiger partial charge in [0.05, 0.1) is 17.7 Å². The zero-order valence-electron chi connectivity index (χ0n) is 17.2. The highest BCUT2D eigenvalue weighted by Crippen LogP contribution is 2.26. The number of hydroxylamine groups is 1. The zero-order valence-corrected chi connectivity index (χ0v) is 18.8. The topological polar surface area (TPSA) is 93.2 Å². The van der Waals surface area contributed by atoms with Crippen LogP contribution in [-0.4, -0.2) is 56.9 Å². The molecule has 1 fully saturated rings. The van der Waals surface area contributed by atoms with Crippen LogP contribution >= 0.6 is 11.6 Å². The number of sulfonamides is 1. The lowest BCUT2D eigenvalue weighted by molar-refractivity contribution is -0.0258. The van der Waals surface area contributed by atoms with E-state index in [4.69, 9.17) is 21.2 Å². The van der Waals surface area contributed by atoms with Crippen molar-refractivity contribution in [2.45, 2.75) is 24.3 Å². The molecule has 3 rings (SSSR count). The number of rotatable bonds is 7. The summed E-state index contributed by atoms with van der Waals surface area (Å²) in [6, 6.07) is 10.7. The maximum atomic E-state index is 12.5. The van der Waals surface area contributed by atoms with E-state index in [0.717, 1.165) is 32.0 Å². The van der Waals surface area contributed by atoms with Crippen LogP contribution in [0.15, 0.2) is 47.4 Å². The molecule has 0 unspecified atom stereocenters. The molecule has 0 aromatic heterocycles. The van der Waals surface area contributed by atoms with E-state index in [9.17, 15) is 18.0 Å². The van der Waals surface area contributed by atoms with Crippen molar-refractivity contribution in [1.29, 1.82) is 0 Å². The van der Waals surface area contributed by atoms with Gasteiger partial charge in [0.2, 0.25) is 0 Å². The first-order chi connectivity index (χ1) is 14.7. The summed E-state index contributed by atoms with van der Waals surface area (Å²) in [4.78, 5) is 31.1. The fourth-order valence-corrected chi connectivity index (χ4v) is 4.62. The number of hydrogen-bond donors (Lipinski definition) is 0. The molecule has 1 aliphatic rings. The Hall–Kier alpha value is -2.46. The van der Waals surface area contributed by atoms with Gasteiger partial charge in [-0.25, -0.2) is 13.2 Å². The van der Waals surface area contributed by atoms with E-state index in [2.05, 4.69) is 0 Å². The molecule has 1 amide bonds. The molecule has 1 heterocycles. The Morgan fingerprint density at radius 2 is 1.68 bits per heavy atom. The van der Waals surface area contributed by atoms with Crippen LogP contribution in [0, 0.1) is 0 Å². The van der Waals surface area contributed by atoms with Gasteiger partial charge in [0.25, 0.3) is 15.9 Å². The van der Waals surface area contributed by atoms with Gasteiger partial charge < -0.3 is 9.64 Å². The molecule has 0 aliphatic carbocycles. The normalized spacial score (nSPS) is 14.1. The molecule has 8 nitrogen and oxygen atoms in total. The molecule has 1 aliphatic heterocycles. The Kier molecular flexibility index (Phi) is 7.32. The van der Waals surface area contributed by atoms with E-state index in [1.807, 2.05) is 4.90 Å². The molecule has 2 aromatic carbocycles. The summed E-state index contributed by atoms with van der Waals surface area (Å²) in [6.45, 7) is 1.52. The van der Waals surface area contributed by atoms with Crippen LogP contribution < -0.4 is 0 Å². The monoisotopic (exact) mass is 466 g/mol. The number of nitrogens with zero attached hydrogens (tertiary/aromatic N) is 2. The third kappa shape index (κ3) is 5.24. The summed E-state index contributed by atoms with van der Waals surface area (Å²) in [5, 5.41) is -0.0429. The molecular weight excluding hydrogens is 444 g/mol. The highest BCUT2D eigenvalue weighted by atomic mass is 35.5. The van der Waals surface area contributed by atoms with Crippen LogP contribution in [0.3, 0.4) is 0 Å². The zero-order chi connectivity index (χ0) is 22.6. The first-order valence-electron chi connectivity index (χ1n) is 9.62. The molecule has 0 atom stereocenters. The largest absolute Gasteiger partial charge is 0.457 e. The second-order valence-electron chi connectivity index (χ2n) is 7.01. The van der Waals surface area contributed by atoms with E-state index in [-0.39, 0.29) is 28.0 Å². The van der Waals surface area contributed by atoms with Crippen molar-refractivity contribution >= 4 is 33.5 Å². The summed E-state index contributed by atoms with van der Waals surface area (Å²) in [7, 11) is -1.61. The van der Waals surface area contributed by atoms with Crippen molar-refractivity contribution in [3.05, 3.63) is 64.2 Å². The third-order valence-corrected chi connectivity index (χ3v) is 7.17. The van der Waals surface area contributed by atoms with Gasteiger partial charge in [0.1, 0.15) is 11.5 Å². The van der Waals surface area contributed by atoms with Gasteiger partial charge in [-0.05, 0) is 48.7 Å². The third-order valence-electron chi connectivity index (χ3n) is 5.00. The van der Waals surface area contributed by atoms with Crippen molar-refractivity contribution in [2.75, 3.05) is 27.2 Å². The number of esters is 1. The number of ether oxygens (including phenoxy) is 1. The quantitative estimate of drug-likeness (QED) is 0.459. The minimum Gasteiger partial charge on any atom is -0.457 e. The van der Waals surface area contributed by atoms with Crippen LogP contribution in [-0.2, 0) is 26.2 Å². The fourth-order valence-electron chi connectivity index (χ4n) is 3.14. The molecular formula is C21H23ClN2O6S. The van der Waals surface area contributed by atoms with Gasteiger partial charge in [-0.1, -0.05) is 28.2 Å². The molecule has 0 N–H and O–H groups in total. The number of carbonyl (C=O) groups is 2. The van der Waals surface area contributed by atoms with Crippen molar-refractivity contribution in [1.82, 2.24) is 9.37 Å². The predicted molar refractivity (Wildman–Crippen MR) is 114 cm³/mol. The molecule has 0 spiro atoms. The van der Waals surface area contributed by atoms with Crippen LogP contribution in [0.2, 0.25) is 5.02 Å². The second-order valence-corrected chi connectivity index (χ2v) is 9.33. The highest BCUT2D eigenvalue weighted by molar-refractivity contribution is 7.89. The second kappa shape index (κ2) is 9.78. The number of amides is 1. The molecule has 0 bridgehead atoms. The SMILES string of the molecule is CON(C)S(=O)(=O)c1cc(C(=O)OCc2ccc(C(=O)N3CCCC3)cc2)ccc1Cl. The Bertz CT molecular complexity index is 1070. The Morgan fingerprint density at radius 3 is 2.29 bits per heavy atom. The minimum absolute atomic E-state index is 0.00280.